The number of rotatable bonds is 8. The molecule has 0 atom stereocenters. The lowest BCUT2D eigenvalue weighted by Crippen LogP contribution is -2.46. The zero-order chi connectivity index (χ0) is 21.6. The molecule has 1 aliphatic carbocycles. The van der Waals surface area contributed by atoms with Gasteiger partial charge in [-0.2, -0.15) is 0 Å². The van der Waals surface area contributed by atoms with Crippen molar-refractivity contribution in [1.82, 2.24) is 10.6 Å². The second-order valence-corrected chi connectivity index (χ2v) is 8.09. The molecule has 30 heavy (non-hydrogen) atoms. The first-order valence-corrected chi connectivity index (χ1v) is 10.4. The van der Waals surface area contributed by atoms with Crippen LogP contribution in [0, 0.1) is 0 Å². The van der Waals surface area contributed by atoms with E-state index >= 15 is 0 Å². The van der Waals surface area contributed by atoms with Crippen LogP contribution in [-0.4, -0.2) is 37.5 Å². The van der Waals surface area contributed by atoms with Crippen molar-refractivity contribution in [2.24, 2.45) is 0 Å². The minimum absolute atomic E-state index is 0.0489. The number of amides is 2. The fourth-order valence-electron chi connectivity index (χ4n) is 3.40. The van der Waals surface area contributed by atoms with Crippen LogP contribution in [0.3, 0.4) is 0 Å². The Labute approximate surface area is 184 Å². The third-order valence-corrected chi connectivity index (χ3v) is 5.80. The van der Waals surface area contributed by atoms with Gasteiger partial charge < -0.3 is 15.4 Å². The fourth-order valence-corrected chi connectivity index (χ4v) is 3.89. The topological polar surface area (TPSA) is 84.5 Å². The predicted molar refractivity (Wildman–Crippen MR) is 115 cm³/mol. The zero-order valence-electron chi connectivity index (χ0n) is 16.3. The number of carbonyl (C=O) groups excluding carboxylic acids is 3. The quantitative estimate of drug-likeness (QED) is 0.605. The van der Waals surface area contributed by atoms with Crippen LogP contribution >= 0.6 is 23.2 Å². The summed E-state index contributed by atoms with van der Waals surface area (Å²) in [6.07, 6.45) is 3.14. The molecule has 1 saturated carbocycles. The van der Waals surface area contributed by atoms with Gasteiger partial charge >= 0.3 is 5.97 Å². The molecule has 2 amide bonds. The van der Waals surface area contributed by atoms with Gasteiger partial charge in [0.25, 0.3) is 11.8 Å². The Hall–Kier alpha value is -2.57. The fraction of sp³-hybridized carbons (Fsp3) is 0.318. The van der Waals surface area contributed by atoms with Crippen LogP contribution in [0.15, 0.2) is 48.5 Å². The number of hydrogen-bond donors (Lipinski definition) is 2. The minimum Gasteiger partial charge on any atom is -0.454 e. The van der Waals surface area contributed by atoms with Crippen LogP contribution in [0.1, 0.15) is 35.2 Å². The van der Waals surface area contributed by atoms with E-state index in [1.807, 2.05) is 18.2 Å². The average molecular weight is 449 g/mol. The summed E-state index contributed by atoms with van der Waals surface area (Å²) in [6.45, 7) is -0.278. The van der Waals surface area contributed by atoms with Crippen molar-refractivity contribution in [3.63, 3.8) is 0 Å². The average Bonchev–Trinajstić information content (AvgIpc) is 2.70. The van der Waals surface area contributed by atoms with Crippen molar-refractivity contribution in [3.8, 4) is 0 Å². The SMILES string of the molecule is O=C(COC(=O)CNC(=O)c1ccc(Cl)cc1Cl)NCC1(c2ccccc2)CCC1. The molecule has 0 heterocycles. The van der Waals surface area contributed by atoms with E-state index in [0.717, 1.165) is 19.3 Å². The van der Waals surface area contributed by atoms with E-state index in [-0.39, 0.29) is 28.5 Å². The summed E-state index contributed by atoms with van der Waals surface area (Å²) in [5.41, 5.74) is 1.35. The lowest BCUT2D eigenvalue weighted by Gasteiger charge is -2.42. The molecular weight excluding hydrogens is 427 g/mol. The smallest absolute Gasteiger partial charge is 0.325 e. The van der Waals surface area contributed by atoms with Crippen LogP contribution in [0.25, 0.3) is 0 Å². The standard InChI is InChI=1S/C22H22Cl2N2O4/c23-16-7-8-17(18(24)11-16)21(29)25-12-20(28)30-13-19(27)26-14-22(9-4-10-22)15-5-2-1-3-6-15/h1-3,5-8,11H,4,9-10,12-14H2,(H,25,29)(H,26,27). The number of benzene rings is 2. The molecular formula is C22H22Cl2N2O4. The maximum atomic E-state index is 12.1. The van der Waals surface area contributed by atoms with E-state index in [2.05, 4.69) is 22.8 Å². The Balaban J connectivity index is 1.40. The molecule has 0 unspecified atom stereocenters. The summed E-state index contributed by atoms with van der Waals surface area (Å²) in [7, 11) is 0. The summed E-state index contributed by atoms with van der Waals surface area (Å²) in [5.74, 6) is -1.63. The number of esters is 1. The van der Waals surface area contributed by atoms with Gasteiger partial charge in [0, 0.05) is 17.0 Å². The first-order valence-electron chi connectivity index (χ1n) is 9.61. The molecule has 3 rings (SSSR count). The summed E-state index contributed by atoms with van der Waals surface area (Å²) < 4.78 is 4.94. The van der Waals surface area contributed by atoms with Crippen molar-refractivity contribution in [1.29, 1.82) is 0 Å². The van der Waals surface area contributed by atoms with Gasteiger partial charge in [0.1, 0.15) is 6.54 Å². The third-order valence-electron chi connectivity index (χ3n) is 5.25. The van der Waals surface area contributed by atoms with E-state index in [0.29, 0.717) is 11.6 Å². The molecule has 2 N–H and O–H groups in total. The summed E-state index contributed by atoms with van der Waals surface area (Å²) in [5, 5.41) is 5.83. The largest absolute Gasteiger partial charge is 0.454 e. The second-order valence-electron chi connectivity index (χ2n) is 7.24. The van der Waals surface area contributed by atoms with Crippen LogP contribution in [0.2, 0.25) is 10.0 Å². The van der Waals surface area contributed by atoms with E-state index < -0.39 is 18.5 Å². The van der Waals surface area contributed by atoms with Crippen molar-refractivity contribution in [3.05, 3.63) is 69.7 Å². The molecule has 0 aliphatic heterocycles. The molecule has 0 spiro atoms. The number of carbonyl (C=O) groups is 3. The van der Waals surface area contributed by atoms with Crippen molar-refractivity contribution in [2.75, 3.05) is 19.7 Å². The summed E-state index contributed by atoms with van der Waals surface area (Å²) >= 11 is 11.8. The van der Waals surface area contributed by atoms with Gasteiger partial charge in [-0.25, -0.2) is 0 Å². The van der Waals surface area contributed by atoms with E-state index in [9.17, 15) is 14.4 Å². The molecule has 158 valence electrons. The third kappa shape index (κ3) is 5.52. The lowest BCUT2D eigenvalue weighted by molar-refractivity contribution is -0.147. The highest BCUT2D eigenvalue weighted by Gasteiger charge is 2.38. The van der Waals surface area contributed by atoms with Crippen molar-refractivity contribution < 1.29 is 19.1 Å². The Bertz CT molecular complexity index is 930. The van der Waals surface area contributed by atoms with Crippen molar-refractivity contribution in [2.45, 2.75) is 24.7 Å². The van der Waals surface area contributed by atoms with Crippen LogP contribution in [0.5, 0.6) is 0 Å². The second kappa shape index (κ2) is 9.96. The lowest BCUT2D eigenvalue weighted by atomic mass is 9.64. The highest BCUT2D eigenvalue weighted by Crippen LogP contribution is 2.43. The van der Waals surface area contributed by atoms with Gasteiger partial charge in [-0.3, -0.25) is 14.4 Å². The highest BCUT2D eigenvalue weighted by molar-refractivity contribution is 6.36. The van der Waals surface area contributed by atoms with Gasteiger partial charge in [0.05, 0.1) is 10.6 Å². The minimum atomic E-state index is -0.718. The molecule has 0 bridgehead atoms. The molecule has 1 aliphatic rings. The molecule has 6 nitrogen and oxygen atoms in total. The Morgan fingerprint density at radius 3 is 2.37 bits per heavy atom. The van der Waals surface area contributed by atoms with E-state index in [1.54, 1.807) is 0 Å². The maximum Gasteiger partial charge on any atom is 0.325 e. The number of nitrogens with one attached hydrogen (secondary N) is 2. The van der Waals surface area contributed by atoms with Gasteiger partial charge in [-0.05, 0) is 36.6 Å². The summed E-state index contributed by atoms with van der Waals surface area (Å²) in [6, 6.07) is 14.5. The van der Waals surface area contributed by atoms with Crippen LogP contribution in [-0.2, 0) is 19.7 Å². The number of ether oxygens (including phenoxy) is 1. The van der Waals surface area contributed by atoms with Crippen LogP contribution in [0.4, 0.5) is 0 Å². The monoisotopic (exact) mass is 448 g/mol. The van der Waals surface area contributed by atoms with E-state index in [4.69, 9.17) is 27.9 Å². The molecule has 0 radical (unpaired) electrons. The first-order chi connectivity index (χ1) is 14.4. The Kier molecular flexibility index (Phi) is 7.34. The maximum absolute atomic E-state index is 12.1. The molecule has 0 saturated heterocycles. The normalized spacial score (nSPS) is 14.3. The molecule has 2 aromatic carbocycles. The predicted octanol–water partition coefficient (Wildman–Crippen LogP) is 3.50. The Morgan fingerprint density at radius 1 is 1.00 bits per heavy atom. The van der Waals surface area contributed by atoms with Gasteiger partial charge in [-0.15, -0.1) is 0 Å². The Morgan fingerprint density at radius 2 is 1.73 bits per heavy atom. The zero-order valence-corrected chi connectivity index (χ0v) is 17.8. The van der Waals surface area contributed by atoms with Gasteiger partial charge in [0.15, 0.2) is 6.61 Å². The van der Waals surface area contributed by atoms with Crippen molar-refractivity contribution >= 4 is 41.0 Å². The molecule has 8 heteroatoms. The van der Waals surface area contributed by atoms with Crippen LogP contribution < -0.4 is 10.6 Å². The molecule has 0 aromatic heterocycles. The highest BCUT2D eigenvalue weighted by atomic mass is 35.5. The van der Waals surface area contributed by atoms with Gasteiger partial charge in [-0.1, -0.05) is 60.0 Å². The van der Waals surface area contributed by atoms with Gasteiger partial charge in [0.2, 0.25) is 0 Å². The number of halogens is 2. The summed E-state index contributed by atoms with van der Waals surface area (Å²) in [4.78, 5) is 36.0. The molecule has 1 fully saturated rings. The van der Waals surface area contributed by atoms with E-state index in [1.165, 1.54) is 23.8 Å². The molecule has 2 aromatic rings. The first kappa shape index (κ1) is 22.1. The number of hydrogen-bond acceptors (Lipinski definition) is 4.